The van der Waals surface area contributed by atoms with E-state index in [2.05, 4.69) is 113 Å². The lowest BCUT2D eigenvalue weighted by Gasteiger charge is -2.51. The number of carbonyl (C=O) groups is 2. The molecule has 4 aromatic rings. The van der Waals surface area contributed by atoms with Gasteiger partial charge in [0.15, 0.2) is 0 Å². The smallest absolute Gasteiger partial charge is 0.325 e. The Morgan fingerprint density at radius 1 is 0.757 bits per heavy atom. The molecular weight excluding hydrogens is 883 g/mol. The van der Waals surface area contributed by atoms with Crippen molar-refractivity contribution in [1.29, 1.82) is 10.5 Å². The van der Waals surface area contributed by atoms with Crippen molar-refractivity contribution in [2.24, 2.45) is 11.8 Å². The van der Waals surface area contributed by atoms with Crippen molar-refractivity contribution in [3.63, 3.8) is 0 Å². The molecule has 2 aromatic heterocycles. The summed E-state index contributed by atoms with van der Waals surface area (Å²) in [6, 6.07) is 28.7. The van der Waals surface area contributed by atoms with E-state index in [0.29, 0.717) is 70.2 Å². The van der Waals surface area contributed by atoms with Crippen molar-refractivity contribution >= 4 is 23.4 Å². The molecule has 0 radical (unpaired) electrons. The third kappa shape index (κ3) is 9.74. The monoisotopic (exact) mass is 952 g/mol. The topological polar surface area (TPSA) is 168 Å². The van der Waals surface area contributed by atoms with Gasteiger partial charge in [0.1, 0.15) is 29.2 Å². The summed E-state index contributed by atoms with van der Waals surface area (Å²) in [6.07, 6.45) is 9.67. The maximum absolute atomic E-state index is 15.0. The Hall–Kier alpha value is -6.33. The molecule has 0 bridgehead atoms. The summed E-state index contributed by atoms with van der Waals surface area (Å²) in [6.45, 7) is 6.28. The van der Waals surface area contributed by atoms with E-state index in [1.807, 2.05) is 28.0 Å². The van der Waals surface area contributed by atoms with Gasteiger partial charge in [-0.05, 0) is 127 Å². The lowest BCUT2D eigenvalue weighted by molar-refractivity contribution is 0.0240. The minimum Gasteiger partial charge on any atom is -0.479 e. The van der Waals surface area contributed by atoms with Crippen LogP contribution in [0.15, 0.2) is 79.0 Å². The molecule has 4 amide bonds. The summed E-state index contributed by atoms with van der Waals surface area (Å²) in [7, 11) is 9.65. The van der Waals surface area contributed by atoms with Crippen LogP contribution in [0.25, 0.3) is 0 Å². The molecular formula is C54H69N11O5. The zero-order valence-corrected chi connectivity index (χ0v) is 41.8. The summed E-state index contributed by atoms with van der Waals surface area (Å²) in [5.41, 5.74) is 2.81. The Bertz CT molecular complexity index is 2520. The Labute approximate surface area is 413 Å². The number of amides is 4. The largest absolute Gasteiger partial charge is 0.479 e. The zero-order valence-electron chi connectivity index (χ0n) is 41.8. The predicted molar refractivity (Wildman–Crippen MR) is 267 cm³/mol. The SMILES string of the molecule is CCN(C)[C@@]1(c2ccccc2)CCCN(c2cnc(C#N)nc2OC)C(=O)N(CC2CCC2COc2nc(C#N)ccc2N2CC3(CCC(c4ccccc4)(N(C)C)CC3)N(CCCOC)C2=O)CC1. The molecule has 0 N–H and O–H groups in total. The number of urea groups is 2. The van der Waals surface area contributed by atoms with Crippen LogP contribution in [0.2, 0.25) is 0 Å². The molecule has 16 heteroatoms. The summed E-state index contributed by atoms with van der Waals surface area (Å²) < 4.78 is 17.8. The zero-order chi connectivity index (χ0) is 49.5. The van der Waals surface area contributed by atoms with Crippen LogP contribution >= 0.6 is 0 Å². The molecule has 2 saturated carbocycles. The molecule has 2 aliphatic carbocycles. The summed E-state index contributed by atoms with van der Waals surface area (Å²) >= 11 is 0. The van der Waals surface area contributed by atoms with Crippen LogP contribution in [-0.4, -0.2) is 140 Å². The van der Waals surface area contributed by atoms with E-state index >= 15 is 4.79 Å². The predicted octanol–water partition coefficient (Wildman–Crippen LogP) is 8.04. The third-order valence-electron chi connectivity index (χ3n) is 16.2. The first-order chi connectivity index (χ1) is 34.0. The lowest BCUT2D eigenvalue weighted by Crippen LogP contribution is -2.55. The number of anilines is 2. The Morgan fingerprint density at radius 3 is 2.07 bits per heavy atom. The molecule has 4 aliphatic rings. The quantitative estimate of drug-likeness (QED) is 0.0937. The molecule has 370 valence electrons. The van der Waals surface area contributed by atoms with Crippen molar-refractivity contribution in [3.8, 4) is 23.9 Å². The molecule has 2 saturated heterocycles. The van der Waals surface area contributed by atoms with Crippen LogP contribution in [0.4, 0.5) is 21.0 Å². The van der Waals surface area contributed by atoms with Gasteiger partial charge in [-0.3, -0.25) is 19.6 Å². The molecule has 2 unspecified atom stereocenters. The van der Waals surface area contributed by atoms with Gasteiger partial charge in [0.05, 0.1) is 32.0 Å². The first-order valence-corrected chi connectivity index (χ1v) is 25.0. The van der Waals surface area contributed by atoms with Crippen molar-refractivity contribution in [1.82, 2.24) is 34.6 Å². The number of ether oxygens (including phenoxy) is 3. The molecule has 70 heavy (non-hydrogen) atoms. The van der Waals surface area contributed by atoms with E-state index < -0.39 is 5.54 Å². The van der Waals surface area contributed by atoms with E-state index in [1.165, 1.54) is 24.4 Å². The standard InChI is InChI=1S/C54H69N11O5/c1-7-61(4)54(43-18-12-9-13-19-43)24-14-30-63(46-36-57-47(35-56)59-48(46)69-6)50(66)62(32-29-54)37-40-20-21-41(40)38-70-49-45(23-22-44(34-55)58-49)64-39-52(65(51(64)67)31-15-33-68-5)25-27-53(28-26-52,60(2)3)42-16-10-8-11-17-42/h8-13,16-19,22-23,36,40-41H,7,14-15,20-21,24-33,37-39H2,1-6H3/t40?,41?,52?,53?,54-/m0/s1. The van der Waals surface area contributed by atoms with Crippen LogP contribution in [0.3, 0.4) is 0 Å². The van der Waals surface area contributed by atoms with Gasteiger partial charge in [-0.1, -0.05) is 67.6 Å². The van der Waals surface area contributed by atoms with E-state index in [0.717, 1.165) is 57.9 Å². The van der Waals surface area contributed by atoms with Gasteiger partial charge in [0.2, 0.25) is 17.6 Å². The van der Waals surface area contributed by atoms with Gasteiger partial charge in [0, 0.05) is 51.0 Å². The number of nitrogens with zero attached hydrogens (tertiary/aromatic N) is 11. The highest BCUT2D eigenvalue weighted by molar-refractivity contribution is 5.96. The minimum atomic E-state index is -0.410. The first kappa shape index (κ1) is 50.1. The molecule has 16 nitrogen and oxygen atoms in total. The molecule has 1 spiro atoms. The van der Waals surface area contributed by atoms with Gasteiger partial charge in [-0.15, -0.1) is 0 Å². The highest BCUT2D eigenvalue weighted by Gasteiger charge is 2.55. The number of nitriles is 2. The summed E-state index contributed by atoms with van der Waals surface area (Å²) in [5.74, 6) is 0.604. The second kappa shape index (κ2) is 21.8. The molecule has 2 aromatic carbocycles. The van der Waals surface area contributed by atoms with E-state index in [9.17, 15) is 15.3 Å². The Balaban J connectivity index is 1.04. The van der Waals surface area contributed by atoms with Crippen molar-refractivity contribution in [3.05, 3.63) is 102 Å². The molecule has 4 fully saturated rings. The fourth-order valence-electron chi connectivity index (χ4n) is 11.8. The van der Waals surface area contributed by atoms with E-state index in [4.69, 9.17) is 19.2 Å². The molecule has 2 aliphatic heterocycles. The lowest BCUT2D eigenvalue weighted by atomic mass is 9.68. The number of hydrogen-bond donors (Lipinski definition) is 0. The first-order valence-electron chi connectivity index (χ1n) is 25.0. The fraction of sp³-hybridized carbons (Fsp3) is 0.537. The number of methoxy groups -OCH3 is 2. The third-order valence-corrected chi connectivity index (χ3v) is 16.2. The number of carbonyl (C=O) groups excluding carboxylic acids is 2. The van der Waals surface area contributed by atoms with Crippen molar-refractivity contribution in [2.45, 2.75) is 87.7 Å². The minimum absolute atomic E-state index is 0.0333. The second-order valence-electron chi connectivity index (χ2n) is 19.8. The maximum Gasteiger partial charge on any atom is 0.325 e. The molecule has 4 heterocycles. The molecule has 8 rings (SSSR count). The van der Waals surface area contributed by atoms with Crippen molar-refractivity contribution < 1.29 is 23.8 Å². The summed E-state index contributed by atoms with van der Waals surface area (Å²) in [5, 5.41) is 19.6. The highest BCUT2D eigenvalue weighted by atomic mass is 16.5. The normalized spacial score (nSPS) is 25.1. The fourth-order valence-corrected chi connectivity index (χ4v) is 11.8. The van der Waals surface area contributed by atoms with Crippen LogP contribution in [0, 0.1) is 34.5 Å². The number of aromatic nitrogens is 3. The van der Waals surface area contributed by atoms with Crippen LogP contribution in [0.1, 0.15) is 93.8 Å². The van der Waals surface area contributed by atoms with E-state index in [1.54, 1.807) is 18.1 Å². The average molecular weight is 952 g/mol. The van der Waals surface area contributed by atoms with Gasteiger partial charge in [-0.2, -0.15) is 15.5 Å². The van der Waals surface area contributed by atoms with Gasteiger partial charge in [-0.25, -0.2) is 19.6 Å². The number of rotatable bonds is 17. The number of benzene rings is 2. The van der Waals surface area contributed by atoms with Gasteiger partial charge >= 0.3 is 12.1 Å². The van der Waals surface area contributed by atoms with Crippen molar-refractivity contribution in [2.75, 3.05) is 97.6 Å². The molecule has 3 atom stereocenters. The Kier molecular flexibility index (Phi) is 15.6. The number of pyridine rings is 1. The highest BCUT2D eigenvalue weighted by Crippen LogP contribution is 2.50. The maximum atomic E-state index is 15.0. The van der Waals surface area contributed by atoms with Crippen LogP contribution in [-0.2, 0) is 15.8 Å². The van der Waals surface area contributed by atoms with Crippen LogP contribution < -0.4 is 19.3 Å². The van der Waals surface area contributed by atoms with Gasteiger partial charge < -0.3 is 24.0 Å². The van der Waals surface area contributed by atoms with Crippen LogP contribution in [0.5, 0.6) is 11.8 Å². The number of hydrogen-bond acceptors (Lipinski definition) is 12. The average Bonchev–Trinajstić information content (AvgIpc) is 3.68. The van der Waals surface area contributed by atoms with Gasteiger partial charge in [0.25, 0.3) is 0 Å². The Morgan fingerprint density at radius 2 is 1.46 bits per heavy atom. The van der Waals surface area contributed by atoms with E-state index in [-0.39, 0.29) is 58.3 Å². The second-order valence-corrected chi connectivity index (χ2v) is 19.8. The summed E-state index contributed by atoms with van der Waals surface area (Å²) in [4.78, 5) is 55.5.